The number of likely N-dealkylation sites (tertiary alicyclic amines) is 1. The van der Waals surface area contributed by atoms with Crippen LogP contribution < -0.4 is 5.32 Å². The van der Waals surface area contributed by atoms with Crippen LogP contribution in [-0.4, -0.2) is 64.0 Å². The molecule has 1 spiro atoms. The van der Waals surface area contributed by atoms with E-state index in [4.69, 9.17) is 4.74 Å². The van der Waals surface area contributed by atoms with Gasteiger partial charge in [0, 0.05) is 50.4 Å². The Labute approximate surface area is 220 Å². The third kappa shape index (κ3) is 4.89. The Hall–Kier alpha value is -4.11. The largest absolute Gasteiger partial charge is 0.353 e. The van der Waals surface area contributed by atoms with E-state index in [0.29, 0.717) is 18.4 Å². The maximum absolute atomic E-state index is 14.2. The molecule has 2 saturated heterocycles. The monoisotopic (exact) mass is 516 g/mol. The number of nitrogens with zero attached hydrogens (tertiary/aromatic N) is 3. The lowest BCUT2D eigenvalue weighted by Gasteiger charge is -2.44. The van der Waals surface area contributed by atoms with Gasteiger partial charge in [0.15, 0.2) is 0 Å². The SMILES string of the molecule is Cc1ccccc1C(=O)N1[C@H](C(=O)NCc2cccnc2)COC12CCN(C(=O)c1ccccc1F)CC2. The number of aryl methyl sites for hydroxylation is 1. The van der Waals surface area contributed by atoms with E-state index in [9.17, 15) is 18.8 Å². The molecule has 0 radical (unpaired) electrons. The van der Waals surface area contributed by atoms with Crippen molar-refractivity contribution in [1.29, 1.82) is 0 Å². The molecule has 5 rings (SSSR count). The van der Waals surface area contributed by atoms with Crippen LogP contribution in [0.2, 0.25) is 0 Å². The number of benzene rings is 2. The zero-order chi connectivity index (χ0) is 26.7. The third-order valence-electron chi connectivity index (χ3n) is 7.28. The molecule has 38 heavy (non-hydrogen) atoms. The van der Waals surface area contributed by atoms with E-state index < -0.39 is 23.5 Å². The quantitative estimate of drug-likeness (QED) is 0.562. The average molecular weight is 517 g/mol. The summed E-state index contributed by atoms with van der Waals surface area (Å²) in [6.07, 6.45) is 3.94. The number of piperidine rings is 1. The molecule has 2 aliphatic rings. The van der Waals surface area contributed by atoms with Crippen LogP contribution in [0.5, 0.6) is 0 Å². The molecule has 2 aliphatic heterocycles. The second-order valence-electron chi connectivity index (χ2n) is 9.61. The number of nitrogens with one attached hydrogen (secondary N) is 1. The molecule has 1 aromatic heterocycles. The summed E-state index contributed by atoms with van der Waals surface area (Å²) >= 11 is 0. The highest BCUT2D eigenvalue weighted by molar-refractivity contribution is 5.99. The summed E-state index contributed by atoms with van der Waals surface area (Å²) in [5.41, 5.74) is 1.08. The molecule has 3 heterocycles. The second-order valence-corrected chi connectivity index (χ2v) is 9.61. The standard InChI is InChI=1S/C29H29FN4O4/c1-20-7-2-3-9-22(20)28(37)34-25(26(35)32-18-21-8-6-14-31-17-21)19-38-29(34)12-15-33(16-13-29)27(36)23-10-4-5-11-24(23)30/h2-11,14,17,25H,12-13,15-16,18-19H2,1H3,(H,32,35)/t25-/m0/s1. The first-order valence-electron chi connectivity index (χ1n) is 12.6. The minimum Gasteiger partial charge on any atom is -0.353 e. The van der Waals surface area contributed by atoms with Crippen LogP contribution >= 0.6 is 0 Å². The van der Waals surface area contributed by atoms with E-state index >= 15 is 0 Å². The molecule has 3 amide bonds. The smallest absolute Gasteiger partial charge is 0.257 e. The summed E-state index contributed by atoms with van der Waals surface area (Å²) < 4.78 is 20.5. The van der Waals surface area contributed by atoms with Crippen molar-refractivity contribution < 1.29 is 23.5 Å². The topological polar surface area (TPSA) is 91.8 Å². The first kappa shape index (κ1) is 25.5. The molecule has 196 valence electrons. The fraction of sp³-hybridized carbons (Fsp3) is 0.310. The molecule has 8 nitrogen and oxygen atoms in total. The molecule has 2 aromatic carbocycles. The molecule has 0 unspecified atom stereocenters. The van der Waals surface area contributed by atoms with Gasteiger partial charge in [-0.05, 0) is 42.3 Å². The van der Waals surface area contributed by atoms with E-state index in [1.807, 2.05) is 25.1 Å². The van der Waals surface area contributed by atoms with Gasteiger partial charge < -0.3 is 15.0 Å². The van der Waals surface area contributed by atoms with Gasteiger partial charge in [0.05, 0.1) is 12.2 Å². The molecule has 3 aromatic rings. The second kappa shape index (κ2) is 10.7. The van der Waals surface area contributed by atoms with E-state index in [1.54, 1.807) is 46.5 Å². The summed E-state index contributed by atoms with van der Waals surface area (Å²) in [4.78, 5) is 47.5. The van der Waals surface area contributed by atoms with Gasteiger partial charge in [-0.3, -0.25) is 24.3 Å². The molecular weight excluding hydrogens is 487 g/mol. The van der Waals surface area contributed by atoms with Crippen LogP contribution in [0.3, 0.4) is 0 Å². The summed E-state index contributed by atoms with van der Waals surface area (Å²) in [5.74, 6) is -1.59. The maximum atomic E-state index is 14.2. The van der Waals surface area contributed by atoms with E-state index in [-0.39, 0.29) is 43.6 Å². The summed E-state index contributed by atoms with van der Waals surface area (Å²) in [7, 11) is 0. The van der Waals surface area contributed by atoms with Crippen molar-refractivity contribution in [2.75, 3.05) is 19.7 Å². The van der Waals surface area contributed by atoms with Crippen LogP contribution in [0.4, 0.5) is 4.39 Å². The maximum Gasteiger partial charge on any atom is 0.257 e. The molecule has 9 heteroatoms. The van der Waals surface area contributed by atoms with Crippen LogP contribution in [0.1, 0.15) is 44.7 Å². The van der Waals surface area contributed by atoms with Crippen molar-refractivity contribution >= 4 is 17.7 Å². The molecule has 0 aliphatic carbocycles. The molecule has 0 bridgehead atoms. The lowest BCUT2D eigenvalue weighted by molar-refractivity contribution is -0.128. The van der Waals surface area contributed by atoms with Gasteiger partial charge in [-0.15, -0.1) is 0 Å². The van der Waals surface area contributed by atoms with Gasteiger partial charge in [0.25, 0.3) is 11.8 Å². The lowest BCUT2D eigenvalue weighted by atomic mass is 9.95. The van der Waals surface area contributed by atoms with Crippen LogP contribution in [-0.2, 0) is 16.1 Å². The van der Waals surface area contributed by atoms with Gasteiger partial charge in [-0.2, -0.15) is 0 Å². The fourth-order valence-electron chi connectivity index (χ4n) is 5.18. The van der Waals surface area contributed by atoms with E-state index in [0.717, 1.165) is 11.1 Å². The van der Waals surface area contributed by atoms with Gasteiger partial charge in [-0.25, -0.2) is 4.39 Å². The fourth-order valence-corrected chi connectivity index (χ4v) is 5.18. The first-order chi connectivity index (χ1) is 18.4. The molecule has 1 atom stereocenters. The highest BCUT2D eigenvalue weighted by Crippen LogP contribution is 2.39. The van der Waals surface area contributed by atoms with Gasteiger partial charge in [0.2, 0.25) is 5.91 Å². The zero-order valence-corrected chi connectivity index (χ0v) is 21.1. The molecular formula is C29H29FN4O4. The Morgan fingerprint density at radius 3 is 2.39 bits per heavy atom. The number of ether oxygens (including phenoxy) is 1. The van der Waals surface area contributed by atoms with Crippen molar-refractivity contribution in [1.82, 2.24) is 20.1 Å². The predicted octanol–water partition coefficient (Wildman–Crippen LogP) is 3.32. The number of halogens is 1. The molecule has 0 saturated carbocycles. The molecule has 2 fully saturated rings. The summed E-state index contributed by atoms with van der Waals surface area (Å²) in [6.45, 7) is 2.68. The zero-order valence-electron chi connectivity index (χ0n) is 21.1. The van der Waals surface area contributed by atoms with E-state index in [1.165, 1.54) is 18.2 Å². The number of carbonyl (C=O) groups excluding carboxylic acids is 3. The Bertz CT molecular complexity index is 1340. The highest BCUT2D eigenvalue weighted by atomic mass is 19.1. The van der Waals surface area contributed by atoms with Crippen molar-refractivity contribution in [2.24, 2.45) is 0 Å². The van der Waals surface area contributed by atoms with Crippen molar-refractivity contribution in [3.05, 3.63) is 101 Å². The highest BCUT2D eigenvalue weighted by Gasteiger charge is 2.54. The summed E-state index contributed by atoms with van der Waals surface area (Å²) in [6, 6.07) is 15.9. The van der Waals surface area contributed by atoms with Crippen LogP contribution in [0, 0.1) is 12.7 Å². The number of aromatic nitrogens is 1. The Morgan fingerprint density at radius 2 is 1.71 bits per heavy atom. The van der Waals surface area contributed by atoms with Crippen LogP contribution in [0.25, 0.3) is 0 Å². The van der Waals surface area contributed by atoms with Gasteiger partial charge >= 0.3 is 0 Å². The Balaban J connectivity index is 1.38. The van der Waals surface area contributed by atoms with Crippen LogP contribution in [0.15, 0.2) is 73.1 Å². The normalized spacial score (nSPS) is 18.4. The number of rotatable bonds is 5. The lowest BCUT2D eigenvalue weighted by Crippen LogP contribution is -2.59. The Kier molecular flexibility index (Phi) is 7.20. The minimum atomic E-state index is -1.05. The number of carbonyl (C=O) groups is 3. The van der Waals surface area contributed by atoms with Crippen molar-refractivity contribution in [3.63, 3.8) is 0 Å². The third-order valence-corrected chi connectivity index (χ3v) is 7.28. The Morgan fingerprint density at radius 1 is 1.00 bits per heavy atom. The summed E-state index contributed by atoms with van der Waals surface area (Å²) in [5, 5.41) is 2.91. The van der Waals surface area contributed by atoms with Gasteiger partial charge in [0.1, 0.15) is 17.6 Å². The van der Waals surface area contributed by atoms with E-state index in [2.05, 4.69) is 10.3 Å². The van der Waals surface area contributed by atoms with Gasteiger partial charge in [-0.1, -0.05) is 36.4 Å². The number of amides is 3. The van der Waals surface area contributed by atoms with Crippen molar-refractivity contribution in [2.45, 2.75) is 38.1 Å². The molecule has 1 N–H and O–H groups in total. The minimum absolute atomic E-state index is 0.0105. The average Bonchev–Trinajstić information content (AvgIpc) is 3.31. The van der Waals surface area contributed by atoms with Crippen molar-refractivity contribution in [3.8, 4) is 0 Å². The predicted molar refractivity (Wildman–Crippen MR) is 137 cm³/mol. The number of hydrogen-bond acceptors (Lipinski definition) is 5. The number of hydrogen-bond donors (Lipinski definition) is 1. The number of pyridine rings is 1. The first-order valence-corrected chi connectivity index (χ1v) is 12.6.